The Hall–Kier alpha value is -2.06. The maximum absolute atomic E-state index is 12.7. The van der Waals surface area contributed by atoms with E-state index in [-0.39, 0.29) is 24.1 Å². The van der Waals surface area contributed by atoms with Gasteiger partial charge in [0, 0.05) is 63.0 Å². The molecule has 1 atom stereocenters. The zero-order valence-corrected chi connectivity index (χ0v) is 18.0. The molecular weight excluding hydrogens is 398 g/mol. The lowest BCUT2D eigenvalue weighted by atomic mass is 9.83. The van der Waals surface area contributed by atoms with Crippen LogP contribution in [0.15, 0.2) is 46.0 Å². The van der Waals surface area contributed by atoms with Crippen molar-refractivity contribution < 1.29 is 15.0 Å². The van der Waals surface area contributed by atoms with Crippen molar-refractivity contribution in [2.24, 2.45) is 4.99 Å². The number of piperazine rings is 1. The summed E-state index contributed by atoms with van der Waals surface area (Å²) in [4.78, 5) is 21.7. The molecule has 7 heteroatoms. The number of hydrogen-bond donors (Lipinski definition) is 2. The molecule has 0 spiro atoms. The van der Waals surface area contributed by atoms with Crippen LogP contribution in [0, 0.1) is 0 Å². The minimum atomic E-state index is -0.0274. The molecule has 1 fully saturated rings. The van der Waals surface area contributed by atoms with Gasteiger partial charge in [0.1, 0.15) is 5.76 Å². The summed E-state index contributed by atoms with van der Waals surface area (Å²) in [5.74, 6) is 0.161. The first-order valence-electron chi connectivity index (χ1n) is 10.6. The van der Waals surface area contributed by atoms with Crippen LogP contribution >= 0.6 is 11.3 Å². The summed E-state index contributed by atoms with van der Waals surface area (Å²) in [5, 5.41) is 22.9. The molecule has 0 bridgehead atoms. The van der Waals surface area contributed by atoms with Gasteiger partial charge in [-0.15, -0.1) is 11.3 Å². The van der Waals surface area contributed by atoms with E-state index in [0.29, 0.717) is 25.0 Å². The summed E-state index contributed by atoms with van der Waals surface area (Å²) in [6.45, 7) is 6.28. The smallest absolute Gasteiger partial charge is 0.168 e. The summed E-state index contributed by atoms with van der Waals surface area (Å²) >= 11 is 1.69. The lowest BCUT2D eigenvalue weighted by Crippen LogP contribution is -2.47. The largest absolute Gasteiger partial charge is 0.511 e. The van der Waals surface area contributed by atoms with E-state index in [1.807, 2.05) is 12.1 Å². The van der Waals surface area contributed by atoms with Crippen molar-refractivity contribution in [2.75, 3.05) is 52.4 Å². The van der Waals surface area contributed by atoms with Gasteiger partial charge >= 0.3 is 0 Å². The SMILES string of the molecule is O=C1CC(c2csc3ccccc23)CC(O)=C1C=NCCN1CCN(CCO)CC1. The molecule has 1 aromatic heterocycles. The van der Waals surface area contributed by atoms with Crippen LogP contribution in [0.2, 0.25) is 0 Å². The van der Waals surface area contributed by atoms with E-state index in [2.05, 4.69) is 32.3 Å². The molecule has 1 unspecified atom stereocenters. The summed E-state index contributed by atoms with van der Waals surface area (Å²) < 4.78 is 1.22. The average Bonchev–Trinajstić information content (AvgIpc) is 3.18. The monoisotopic (exact) mass is 427 g/mol. The van der Waals surface area contributed by atoms with Crippen LogP contribution in [-0.2, 0) is 4.79 Å². The van der Waals surface area contributed by atoms with Crippen LogP contribution in [0.4, 0.5) is 0 Å². The number of thiophene rings is 1. The topological polar surface area (TPSA) is 76.4 Å². The number of carbonyl (C=O) groups excluding carboxylic acids is 1. The van der Waals surface area contributed by atoms with Gasteiger partial charge in [-0.05, 0) is 28.3 Å². The van der Waals surface area contributed by atoms with Gasteiger partial charge in [-0.25, -0.2) is 0 Å². The highest BCUT2D eigenvalue weighted by atomic mass is 32.1. The highest BCUT2D eigenvalue weighted by Crippen LogP contribution is 2.39. The van der Waals surface area contributed by atoms with Gasteiger partial charge in [0.25, 0.3) is 0 Å². The van der Waals surface area contributed by atoms with E-state index >= 15 is 0 Å². The number of benzene rings is 1. The second-order valence-corrected chi connectivity index (χ2v) is 8.93. The minimum Gasteiger partial charge on any atom is -0.511 e. The number of aliphatic hydroxyl groups excluding tert-OH is 2. The second kappa shape index (κ2) is 9.83. The molecule has 2 aliphatic rings. The van der Waals surface area contributed by atoms with Gasteiger partial charge in [-0.1, -0.05) is 18.2 Å². The van der Waals surface area contributed by atoms with E-state index in [0.717, 1.165) is 44.8 Å². The van der Waals surface area contributed by atoms with Gasteiger partial charge < -0.3 is 10.2 Å². The Balaban J connectivity index is 1.32. The number of rotatable bonds is 7. The molecule has 30 heavy (non-hydrogen) atoms. The fourth-order valence-electron chi connectivity index (χ4n) is 4.32. The summed E-state index contributed by atoms with van der Waals surface area (Å²) in [5.41, 5.74) is 1.53. The van der Waals surface area contributed by atoms with E-state index in [1.54, 1.807) is 17.6 Å². The van der Waals surface area contributed by atoms with Gasteiger partial charge in [-0.3, -0.25) is 19.6 Å². The first-order valence-corrected chi connectivity index (χ1v) is 11.5. The van der Waals surface area contributed by atoms with E-state index < -0.39 is 0 Å². The van der Waals surface area contributed by atoms with Crippen molar-refractivity contribution >= 4 is 33.4 Å². The molecule has 4 rings (SSSR count). The molecule has 0 saturated carbocycles. The molecule has 1 aromatic carbocycles. The van der Waals surface area contributed by atoms with Crippen LogP contribution in [-0.4, -0.2) is 84.4 Å². The number of nitrogens with zero attached hydrogens (tertiary/aromatic N) is 3. The Morgan fingerprint density at radius 2 is 1.83 bits per heavy atom. The van der Waals surface area contributed by atoms with Crippen LogP contribution in [0.1, 0.15) is 24.3 Å². The van der Waals surface area contributed by atoms with Crippen LogP contribution in [0.3, 0.4) is 0 Å². The predicted molar refractivity (Wildman–Crippen MR) is 122 cm³/mol. The highest BCUT2D eigenvalue weighted by Gasteiger charge is 2.29. The van der Waals surface area contributed by atoms with Crippen LogP contribution in [0.5, 0.6) is 0 Å². The molecule has 2 N–H and O–H groups in total. The Bertz CT molecular complexity index is 944. The van der Waals surface area contributed by atoms with Crippen molar-refractivity contribution in [3.63, 3.8) is 0 Å². The van der Waals surface area contributed by atoms with E-state index in [1.165, 1.54) is 10.1 Å². The Kier molecular flexibility index (Phi) is 6.94. The normalized spacial score (nSPS) is 21.9. The molecule has 0 radical (unpaired) electrons. The number of carbonyl (C=O) groups is 1. The fourth-order valence-corrected chi connectivity index (χ4v) is 5.37. The number of Topliss-reactive ketones (excluding diaryl/α,β-unsaturated/α-hetero) is 1. The molecule has 6 nitrogen and oxygen atoms in total. The lowest BCUT2D eigenvalue weighted by Gasteiger charge is -2.33. The number of hydrogen-bond acceptors (Lipinski definition) is 7. The quantitative estimate of drug-likeness (QED) is 0.665. The third-order valence-electron chi connectivity index (χ3n) is 6.08. The molecule has 1 saturated heterocycles. The van der Waals surface area contributed by atoms with Gasteiger partial charge in [0.2, 0.25) is 0 Å². The maximum Gasteiger partial charge on any atom is 0.168 e. The standard InChI is InChI=1S/C23H29N3O3S/c27-12-11-26-9-7-25(8-10-26)6-5-24-15-19-21(28)13-17(14-22(19)29)20-16-30-23-4-2-1-3-18(20)23/h1-4,15-17,27-28H,5-14H2. The molecule has 160 valence electrons. The minimum absolute atomic E-state index is 0.0274. The Morgan fingerprint density at radius 3 is 2.57 bits per heavy atom. The first kappa shape index (κ1) is 21.2. The van der Waals surface area contributed by atoms with Crippen molar-refractivity contribution in [1.82, 2.24) is 9.80 Å². The third kappa shape index (κ3) is 4.81. The number of allylic oxidation sites excluding steroid dienone is 2. The summed E-state index contributed by atoms with van der Waals surface area (Å²) in [6, 6.07) is 8.22. The summed E-state index contributed by atoms with van der Waals surface area (Å²) in [6.07, 6.45) is 2.47. The number of β-amino-alcohol motifs (C(OH)–C–C–N with tert-alkyl or cyclic N) is 1. The molecule has 1 aliphatic heterocycles. The number of ketones is 1. The van der Waals surface area contributed by atoms with Crippen molar-refractivity contribution in [2.45, 2.75) is 18.8 Å². The van der Waals surface area contributed by atoms with E-state index in [4.69, 9.17) is 5.11 Å². The average molecular weight is 428 g/mol. The highest BCUT2D eigenvalue weighted by molar-refractivity contribution is 7.17. The Labute approximate surface area is 181 Å². The first-order chi connectivity index (χ1) is 14.7. The van der Waals surface area contributed by atoms with Crippen molar-refractivity contribution in [3.8, 4) is 0 Å². The maximum atomic E-state index is 12.7. The third-order valence-corrected chi connectivity index (χ3v) is 7.06. The zero-order valence-electron chi connectivity index (χ0n) is 17.2. The zero-order chi connectivity index (χ0) is 20.9. The van der Waals surface area contributed by atoms with Gasteiger partial charge in [-0.2, -0.15) is 0 Å². The second-order valence-electron chi connectivity index (χ2n) is 8.02. The van der Waals surface area contributed by atoms with Crippen LogP contribution in [0.25, 0.3) is 10.1 Å². The van der Waals surface area contributed by atoms with E-state index in [9.17, 15) is 9.90 Å². The molecule has 2 aromatic rings. The van der Waals surface area contributed by atoms with Crippen LogP contribution < -0.4 is 0 Å². The Morgan fingerprint density at radius 1 is 1.10 bits per heavy atom. The summed E-state index contributed by atoms with van der Waals surface area (Å²) in [7, 11) is 0. The molecule has 0 amide bonds. The molecular formula is C23H29N3O3S. The van der Waals surface area contributed by atoms with Crippen molar-refractivity contribution in [1.29, 1.82) is 0 Å². The fraction of sp³-hybridized carbons (Fsp3) is 0.478. The van der Waals surface area contributed by atoms with Gasteiger partial charge in [0.05, 0.1) is 18.7 Å². The molecule has 1 aliphatic carbocycles. The number of aliphatic imine (C=N–C) groups is 1. The van der Waals surface area contributed by atoms with Gasteiger partial charge in [0.15, 0.2) is 5.78 Å². The lowest BCUT2D eigenvalue weighted by molar-refractivity contribution is -0.116. The predicted octanol–water partition coefficient (Wildman–Crippen LogP) is 2.84. The number of aliphatic hydroxyl groups is 2. The number of fused-ring (bicyclic) bond motifs is 1. The van der Waals surface area contributed by atoms with Crippen molar-refractivity contribution in [3.05, 3.63) is 46.5 Å². The molecule has 2 heterocycles.